The van der Waals surface area contributed by atoms with Crippen molar-refractivity contribution in [3.05, 3.63) is 15.5 Å². The van der Waals surface area contributed by atoms with Gasteiger partial charge < -0.3 is 9.47 Å². The van der Waals surface area contributed by atoms with Gasteiger partial charge in [0, 0.05) is 0 Å². The van der Waals surface area contributed by atoms with Gasteiger partial charge in [-0.2, -0.15) is 0 Å². The number of carbonyl (C=O) groups is 1. The van der Waals surface area contributed by atoms with Gasteiger partial charge in [-0.05, 0) is 22.6 Å². The molecular formula is C8H5F3INO3. The Morgan fingerprint density at radius 2 is 2.12 bits per heavy atom. The Morgan fingerprint density at radius 1 is 1.50 bits per heavy atom. The van der Waals surface area contributed by atoms with Crippen LogP contribution in [-0.2, 0) is 0 Å². The number of hydrogen-bond acceptors (Lipinski definition) is 4. The van der Waals surface area contributed by atoms with Crippen molar-refractivity contribution in [3.63, 3.8) is 0 Å². The van der Waals surface area contributed by atoms with E-state index in [1.54, 1.807) is 22.6 Å². The van der Waals surface area contributed by atoms with Crippen molar-refractivity contribution in [2.24, 2.45) is 0 Å². The zero-order valence-electron chi connectivity index (χ0n) is 7.84. The first-order valence-corrected chi connectivity index (χ1v) is 4.90. The number of pyridine rings is 1. The molecule has 0 N–H and O–H groups in total. The Morgan fingerprint density at radius 3 is 2.56 bits per heavy atom. The van der Waals surface area contributed by atoms with E-state index in [1.807, 2.05) is 0 Å². The number of aromatic nitrogens is 1. The molecule has 0 spiro atoms. The van der Waals surface area contributed by atoms with Crippen LogP contribution in [0.25, 0.3) is 0 Å². The summed E-state index contributed by atoms with van der Waals surface area (Å²) in [7, 11) is 1.14. The monoisotopic (exact) mass is 347 g/mol. The molecule has 0 aliphatic carbocycles. The van der Waals surface area contributed by atoms with Crippen molar-refractivity contribution >= 4 is 28.9 Å². The first-order chi connectivity index (χ1) is 7.39. The van der Waals surface area contributed by atoms with Crippen molar-refractivity contribution < 1.29 is 27.4 Å². The number of rotatable bonds is 3. The van der Waals surface area contributed by atoms with Gasteiger partial charge in [0.2, 0.25) is 0 Å². The molecule has 1 aromatic rings. The molecule has 0 atom stereocenters. The Balaban J connectivity index is 3.25. The summed E-state index contributed by atoms with van der Waals surface area (Å²) in [5.41, 5.74) is -0.0788. The summed E-state index contributed by atoms with van der Waals surface area (Å²) >= 11 is 1.70. The molecule has 0 bridgehead atoms. The standard InChI is InChI=1S/C8H5F3INO3/c1-15-6-4(3-14)7(12)13-2-5(6)16-8(9,10)11/h2-3H,1H3. The fourth-order valence-electron chi connectivity index (χ4n) is 0.980. The van der Waals surface area contributed by atoms with Gasteiger partial charge in [-0.3, -0.25) is 4.79 Å². The Bertz CT molecular complexity index is 408. The maximum atomic E-state index is 12.0. The van der Waals surface area contributed by atoms with Gasteiger partial charge in [-0.25, -0.2) is 4.98 Å². The minimum Gasteiger partial charge on any atom is -0.492 e. The molecule has 1 heterocycles. The van der Waals surface area contributed by atoms with Crippen LogP contribution >= 0.6 is 22.6 Å². The number of hydrogen-bond donors (Lipinski definition) is 0. The van der Waals surface area contributed by atoms with Crippen LogP contribution in [0.5, 0.6) is 11.5 Å². The third-order valence-electron chi connectivity index (χ3n) is 1.53. The van der Waals surface area contributed by atoms with E-state index in [9.17, 15) is 18.0 Å². The van der Waals surface area contributed by atoms with E-state index >= 15 is 0 Å². The SMILES string of the molecule is COc1c(OC(F)(F)F)cnc(I)c1C=O. The van der Waals surface area contributed by atoms with Crippen molar-refractivity contribution in [3.8, 4) is 11.5 Å². The van der Waals surface area contributed by atoms with Crippen molar-refractivity contribution in [2.45, 2.75) is 6.36 Å². The van der Waals surface area contributed by atoms with Crippen molar-refractivity contribution in [1.29, 1.82) is 0 Å². The molecule has 0 aliphatic rings. The average molecular weight is 347 g/mol. The molecule has 0 aliphatic heterocycles. The quantitative estimate of drug-likeness (QED) is 0.479. The van der Waals surface area contributed by atoms with Gasteiger partial charge in [0.1, 0.15) is 3.70 Å². The summed E-state index contributed by atoms with van der Waals surface area (Å²) in [4.78, 5) is 14.3. The van der Waals surface area contributed by atoms with Crippen LogP contribution < -0.4 is 9.47 Å². The van der Waals surface area contributed by atoms with Gasteiger partial charge in [-0.1, -0.05) is 0 Å². The van der Waals surface area contributed by atoms with Crippen LogP contribution in [0.1, 0.15) is 10.4 Å². The Kier molecular flexibility index (Phi) is 3.94. The maximum Gasteiger partial charge on any atom is 0.573 e. The summed E-state index contributed by atoms with van der Waals surface area (Å²) in [5.74, 6) is -0.927. The van der Waals surface area contributed by atoms with Crippen LogP contribution in [0.2, 0.25) is 0 Å². The van der Waals surface area contributed by atoms with Gasteiger partial charge in [0.15, 0.2) is 17.8 Å². The normalized spacial score (nSPS) is 11.1. The fraction of sp³-hybridized carbons (Fsp3) is 0.250. The third kappa shape index (κ3) is 2.97. The molecule has 8 heteroatoms. The number of aldehydes is 1. The molecule has 0 unspecified atom stereocenters. The van der Waals surface area contributed by atoms with Gasteiger partial charge >= 0.3 is 6.36 Å². The highest BCUT2D eigenvalue weighted by Crippen LogP contribution is 2.35. The van der Waals surface area contributed by atoms with E-state index in [4.69, 9.17) is 4.74 Å². The lowest BCUT2D eigenvalue weighted by Gasteiger charge is -2.13. The lowest BCUT2D eigenvalue weighted by molar-refractivity contribution is -0.275. The number of ether oxygens (including phenoxy) is 2. The molecule has 0 saturated heterocycles. The molecule has 1 aromatic heterocycles. The molecule has 0 amide bonds. The number of nitrogens with zero attached hydrogens (tertiary/aromatic N) is 1. The largest absolute Gasteiger partial charge is 0.573 e. The zero-order chi connectivity index (χ0) is 12.3. The first kappa shape index (κ1) is 13.0. The van der Waals surface area contributed by atoms with Crippen LogP contribution in [0.15, 0.2) is 6.20 Å². The first-order valence-electron chi connectivity index (χ1n) is 3.82. The van der Waals surface area contributed by atoms with E-state index < -0.39 is 12.1 Å². The molecule has 0 radical (unpaired) electrons. The minimum atomic E-state index is -4.86. The van der Waals surface area contributed by atoms with E-state index in [-0.39, 0.29) is 15.0 Å². The highest BCUT2D eigenvalue weighted by atomic mass is 127. The summed E-state index contributed by atoms with van der Waals surface area (Å²) in [6.07, 6.45) is -3.65. The predicted molar refractivity (Wildman–Crippen MR) is 55.6 cm³/mol. The van der Waals surface area contributed by atoms with Crippen LogP contribution in [-0.4, -0.2) is 24.7 Å². The molecule has 4 nitrogen and oxygen atoms in total. The topological polar surface area (TPSA) is 48.4 Å². The van der Waals surface area contributed by atoms with Gasteiger partial charge in [0.05, 0.1) is 18.9 Å². The Labute approximate surface area is 102 Å². The summed E-state index contributed by atoms with van der Waals surface area (Å²) < 4.78 is 44.6. The molecule has 1 rings (SSSR count). The smallest absolute Gasteiger partial charge is 0.492 e. The van der Waals surface area contributed by atoms with E-state index in [0.717, 1.165) is 13.3 Å². The number of carbonyl (C=O) groups excluding carboxylic acids is 1. The lowest BCUT2D eigenvalue weighted by Crippen LogP contribution is -2.18. The lowest BCUT2D eigenvalue weighted by atomic mass is 10.2. The average Bonchev–Trinajstić information content (AvgIpc) is 2.18. The summed E-state index contributed by atoms with van der Waals surface area (Å²) in [6.45, 7) is 0. The van der Waals surface area contributed by atoms with Crippen molar-refractivity contribution in [2.75, 3.05) is 7.11 Å². The van der Waals surface area contributed by atoms with Crippen molar-refractivity contribution in [1.82, 2.24) is 4.98 Å². The van der Waals surface area contributed by atoms with E-state index in [0.29, 0.717) is 6.29 Å². The maximum absolute atomic E-state index is 12.0. The fourth-order valence-corrected chi connectivity index (χ4v) is 1.49. The zero-order valence-corrected chi connectivity index (χ0v) is 10.00. The summed E-state index contributed by atoms with van der Waals surface area (Å²) in [6, 6.07) is 0. The molecule has 88 valence electrons. The molecular weight excluding hydrogens is 342 g/mol. The predicted octanol–water partition coefficient (Wildman–Crippen LogP) is 2.41. The molecule has 0 saturated carbocycles. The molecule has 16 heavy (non-hydrogen) atoms. The number of methoxy groups -OCH3 is 1. The second kappa shape index (κ2) is 4.85. The molecule has 0 fully saturated rings. The molecule has 0 aromatic carbocycles. The highest BCUT2D eigenvalue weighted by Gasteiger charge is 2.33. The van der Waals surface area contributed by atoms with Crippen LogP contribution in [0, 0.1) is 3.70 Å². The van der Waals surface area contributed by atoms with Crippen LogP contribution in [0.4, 0.5) is 13.2 Å². The number of alkyl halides is 3. The van der Waals surface area contributed by atoms with Crippen LogP contribution in [0.3, 0.4) is 0 Å². The minimum absolute atomic E-state index is 0.0788. The second-order valence-electron chi connectivity index (χ2n) is 2.53. The van der Waals surface area contributed by atoms with E-state index in [1.165, 1.54) is 0 Å². The number of halogens is 4. The second-order valence-corrected chi connectivity index (χ2v) is 3.55. The van der Waals surface area contributed by atoms with Gasteiger partial charge in [0.25, 0.3) is 0 Å². The van der Waals surface area contributed by atoms with E-state index in [2.05, 4.69) is 9.72 Å². The third-order valence-corrected chi connectivity index (χ3v) is 2.39. The highest BCUT2D eigenvalue weighted by molar-refractivity contribution is 14.1. The van der Waals surface area contributed by atoms with Gasteiger partial charge in [-0.15, -0.1) is 13.2 Å². The Hall–Kier alpha value is -1.06. The summed E-state index contributed by atoms with van der Waals surface area (Å²) in [5, 5.41) is 0.